The van der Waals surface area contributed by atoms with Crippen molar-refractivity contribution in [2.45, 2.75) is 18.9 Å². The number of aliphatic carboxylic acids is 1. The number of rotatable bonds is 1. The molecule has 1 aliphatic carbocycles. The quantitative estimate of drug-likeness (QED) is 0.652. The van der Waals surface area contributed by atoms with Gasteiger partial charge in [0.05, 0.1) is 6.04 Å². The summed E-state index contributed by atoms with van der Waals surface area (Å²) in [6, 6.07) is -0.954. The van der Waals surface area contributed by atoms with Crippen LogP contribution in [0.15, 0.2) is 23.3 Å². The van der Waals surface area contributed by atoms with Gasteiger partial charge in [-0.2, -0.15) is 8.78 Å². The first-order chi connectivity index (χ1) is 6.02. The number of halogens is 2. The first kappa shape index (κ1) is 9.85. The molecule has 0 aromatic rings. The van der Waals surface area contributed by atoms with E-state index in [4.69, 9.17) is 10.8 Å². The molecule has 0 saturated carbocycles. The van der Waals surface area contributed by atoms with E-state index < -0.39 is 18.1 Å². The smallest absolute Gasteiger partial charge is 0.331 e. The van der Waals surface area contributed by atoms with Crippen molar-refractivity contribution < 1.29 is 18.7 Å². The predicted octanol–water partition coefficient (Wildman–Crippen LogP) is 1.27. The van der Waals surface area contributed by atoms with Crippen LogP contribution in [-0.4, -0.2) is 17.1 Å². The van der Waals surface area contributed by atoms with Gasteiger partial charge in [0.25, 0.3) is 6.08 Å². The highest BCUT2D eigenvalue weighted by Crippen LogP contribution is 2.25. The van der Waals surface area contributed by atoms with Crippen LogP contribution in [0.5, 0.6) is 0 Å². The molecule has 72 valence electrons. The lowest BCUT2D eigenvalue weighted by Gasteiger charge is -2.17. The summed E-state index contributed by atoms with van der Waals surface area (Å²) in [4.78, 5) is 10.4. The highest BCUT2D eigenvalue weighted by molar-refractivity contribution is 5.87. The van der Waals surface area contributed by atoms with Gasteiger partial charge in [-0.15, -0.1) is 0 Å². The van der Waals surface area contributed by atoms with Gasteiger partial charge >= 0.3 is 5.97 Å². The molecule has 1 unspecified atom stereocenters. The Morgan fingerprint density at radius 1 is 1.54 bits per heavy atom. The molecule has 1 aliphatic rings. The summed E-state index contributed by atoms with van der Waals surface area (Å²) < 4.78 is 24.2. The molecular formula is C8H9F2NO2. The van der Waals surface area contributed by atoms with Crippen molar-refractivity contribution in [1.29, 1.82) is 0 Å². The highest BCUT2D eigenvalue weighted by Gasteiger charge is 2.22. The lowest BCUT2D eigenvalue weighted by molar-refractivity contribution is -0.132. The summed E-state index contributed by atoms with van der Waals surface area (Å²) in [5.41, 5.74) is 5.28. The Kier molecular flexibility index (Phi) is 2.77. The topological polar surface area (TPSA) is 63.3 Å². The zero-order chi connectivity index (χ0) is 10.0. The lowest BCUT2D eigenvalue weighted by Crippen LogP contribution is -2.26. The summed E-state index contributed by atoms with van der Waals surface area (Å²) in [5.74, 6) is -1.09. The van der Waals surface area contributed by atoms with E-state index in [1.54, 1.807) is 0 Å². The number of carboxylic acids is 1. The van der Waals surface area contributed by atoms with Crippen LogP contribution in [0.2, 0.25) is 0 Å². The van der Waals surface area contributed by atoms with Gasteiger partial charge in [-0.3, -0.25) is 0 Å². The molecule has 3 N–H and O–H groups in total. The van der Waals surface area contributed by atoms with Crippen LogP contribution in [0, 0.1) is 0 Å². The van der Waals surface area contributed by atoms with Crippen molar-refractivity contribution in [3.63, 3.8) is 0 Å². The van der Waals surface area contributed by atoms with E-state index in [1.165, 1.54) is 6.08 Å². The average molecular weight is 189 g/mol. The Morgan fingerprint density at radius 3 is 2.54 bits per heavy atom. The van der Waals surface area contributed by atoms with Crippen molar-refractivity contribution in [3.8, 4) is 0 Å². The lowest BCUT2D eigenvalue weighted by atomic mass is 9.92. The molecule has 1 atom stereocenters. The maximum Gasteiger partial charge on any atom is 0.331 e. The van der Waals surface area contributed by atoms with Gasteiger partial charge in [-0.25, -0.2) is 4.79 Å². The van der Waals surface area contributed by atoms with Gasteiger partial charge in [0, 0.05) is 11.1 Å². The minimum Gasteiger partial charge on any atom is -0.478 e. The fourth-order valence-corrected chi connectivity index (χ4v) is 1.24. The molecule has 0 aliphatic heterocycles. The SMILES string of the molecule is NC1C=C(C(=O)O)CCC1=C(F)F. The van der Waals surface area contributed by atoms with E-state index in [1.807, 2.05) is 0 Å². The maximum absolute atomic E-state index is 12.1. The molecule has 0 bridgehead atoms. The Balaban J connectivity index is 2.90. The maximum atomic E-state index is 12.1. The number of hydrogen-bond acceptors (Lipinski definition) is 2. The Bertz CT molecular complexity index is 293. The van der Waals surface area contributed by atoms with Crippen molar-refractivity contribution in [2.24, 2.45) is 5.73 Å². The molecule has 0 spiro atoms. The summed E-state index contributed by atoms with van der Waals surface area (Å²) in [6.45, 7) is 0. The van der Waals surface area contributed by atoms with Gasteiger partial charge in [0.15, 0.2) is 0 Å². The fraction of sp³-hybridized carbons (Fsp3) is 0.375. The van der Waals surface area contributed by atoms with Crippen LogP contribution in [-0.2, 0) is 4.79 Å². The number of carboxylic acid groups (broad SMARTS) is 1. The van der Waals surface area contributed by atoms with Gasteiger partial charge in [-0.1, -0.05) is 6.08 Å². The average Bonchev–Trinajstić information content (AvgIpc) is 2.03. The Labute approximate surface area is 73.5 Å². The van der Waals surface area contributed by atoms with Gasteiger partial charge in [0.2, 0.25) is 0 Å². The minimum absolute atomic E-state index is 0.0294. The number of carbonyl (C=O) groups is 1. The molecule has 0 radical (unpaired) electrons. The number of nitrogens with two attached hydrogens (primary N) is 1. The van der Waals surface area contributed by atoms with E-state index in [0.29, 0.717) is 0 Å². The van der Waals surface area contributed by atoms with Crippen molar-refractivity contribution in [1.82, 2.24) is 0 Å². The summed E-state index contributed by atoms with van der Waals surface area (Å²) in [7, 11) is 0. The summed E-state index contributed by atoms with van der Waals surface area (Å²) in [6.07, 6.45) is -0.481. The second kappa shape index (κ2) is 3.66. The third-order valence-corrected chi connectivity index (χ3v) is 1.96. The van der Waals surface area contributed by atoms with Crippen molar-refractivity contribution in [2.75, 3.05) is 0 Å². The van der Waals surface area contributed by atoms with E-state index in [-0.39, 0.29) is 24.0 Å². The van der Waals surface area contributed by atoms with Crippen LogP contribution in [0.25, 0.3) is 0 Å². The van der Waals surface area contributed by atoms with Crippen molar-refractivity contribution >= 4 is 5.97 Å². The molecule has 0 saturated heterocycles. The normalized spacial score (nSPS) is 22.5. The minimum atomic E-state index is -1.80. The van der Waals surface area contributed by atoms with Crippen LogP contribution >= 0.6 is 0 Å². The standard InChI is InChI=1S/C8H9F2NO2/c9-7(10)5-2-1-4(8(12)13)3-6(5)11/h3,6H,1-2,11H2,(H,12,13). The molecule has 13 heavy (non-hydrogen) atoms. The second-order valence-corrected chi connectivity index (χ2v) is 2.81. The zero-order valence-corrected chi connectivity index (χ0v) is 6.76. The van der Waals surface area contributed by atoms with Crippen LogP contribution < -0.4 is 5.73 Å². The molecule has 1 rings (SSSR count). The molecule has 0 aromatic heterocycles. The van der Waals surface area contributed by atoms with Gasteiger partial charge in [-0.05, 0) is 12.8 Å². The van der Waals surface area contributed by atoms with Gasteiger partial charge < -0.3 is 10.8 Å². The van der Waals surface area contributed by atoms with Crippen LogP contribution in [0.1, 0.15) is 12.8 Å². The molecule has 0 aromatic carbocycles. The largest absolute Gasteiger partial charge is 0.478 e. The molecular weight excluding hydrogens is 180 g/mol. The van der Waals surface area contributed by atoms with Crippen molar-refractivity contribution in [3.05, 3.63) is 23.3 Å². The first-order valence-corrected chi connectivity index (χ1v) is 3.76. The Morgan fingerprint density at radius 2 is 2.15 bits per heavy atom. The van der Waals surface area contributed by atoms with Crippen LogP contribution in [0.3, 0.4) is 0 Å². The van der Waals surface area contributed by atoms with E-state index in [2.05, 4.69) is 0 Å². The molecule has 5 heteroatoms. The highest BCUT2D eigenvalue weighted by atomic mass is 19.3. The number of hydrogen-bond donors (Lipinski definition) is 2. The van der Waals surface area contributed by atoms with E-state index in [0.717, 1.165) is 0 Å². The molecule has 0 fully saturated rings. The fourth-order valence-electron chi connectivity index (χ4n) is 1.24. The molecule has 0 amide bonds. The third kappa shape index (κ3) is 2.12. The van der Waals surface area contributed by atoms with E-state index >= 15 is 0 Å². The Hall–Kier alpha value is -1.23. The molecule has 3 nitrogen and oxygen atoms in total. The first-order valence-electron chi connectivity index (χ1n) is 3.76. The summed E-state index contributed by atoms with van der Waals surface area (Å²) >= 11 is 0. The zero-order valence-electron chi connectivity index (χ0n) is 6.76. The monoisotopic (exact) mass is 189 g/mol. The second-order valence-electron chi connectivity index (χ2n) is 2.81. The summed E-state index contributed by atoms with van der Waals surface area (Å²) in [5, 5.41) is 8.55. The molecule has 0 heterocycles. The van der Waals surface area contributed by atoms with Crippen LogP contribution in [0.4, 0.5) is 8.78 Å². The third-order valence-electron chi connectivity index (χ3n) is 1.96. The van der Waals surface area contributed by atoms with E-state index in [9.17, 15) is 13.6 Å². The van der Waals surface area contributed by atoms with Gasteiger partial charge in [0.1, 0.15) is 0 Å². The predicted molar refractivity (Wildman–Crippen MR) is 42.2 cm³/mol.